The number of fused-ring (bicyclic) bond motifs is 5. The van der Waals surface area contributed by atoms with Crippen molar-refractivity contribution in [1.82, 2.24) is 9.78 Å². The van der Waals surface area contributed by atoms with Crippen molar-refractivity contribution >= 4 is 21.5 Å². The molecular weight excluding hydrogens is 412 g/mol. The van der Waals surface area contributed by atoms with Crippen LogP contribution in [0.15, 0.2) is 52.3 Å². The van der Waals surface area contributed by atoms with E-state index in [1.807, 2.05) is 6.92 Å². The minimum Gasteiger partial charge on any atom is -0.289 e. The van der Waals surface area contributed by atoms with Gasteiger partial charge in [0.1, 0.15) is 0 Å². The van der Waals surface area contributed by atoms with E-state index >= 15 is 0 Å². The molecule has 1 saturated carbocycles. The second-order valence-electron chi connectivity index (χ2n) is 9.31. The number of sulfone groups is 1. The highest BCUT2D eigenvalue weighted by atomic mass is 32.2. The highest BCUT2D eigenvalue weighted by Gasteiger charge is 2.64. The van der Waals surface area contributed by atoms with Gasteiger partial charge < -0.3 is 0 Å². The number of carbonyl (C=O) groups is 2. The zero-order valence-corrected chi connectivity index (χ0v) is 18.2. The van der Waals surface area contributed by atoms with E-state index in [-0.39, 0.29) is 43.6 Å². The van der Waals surface area contributed by atoms with E-state index in [2.05, 4.69) is 18.9 Å². The fourth-order valence-electron chi connectivity index (χ4n) is 5.60. The molecule has 1 aromatic heterocycles. The van der Waals surface area contributed by atoms with Gasteiger partial charge in [-0.15, -0.1) is 0 Å². The van der Waals surface area contributed by atoms with Gasteiger partial charge in [-0.3, -0.25) is 9.59 Å². The molecule has 2 heterocycles. The molecule has 0 amide bonds. The van der Waals surface area contributed by atoms with Crippen molar-refractivity contribution in [1.29, 1.82) is 0 Å². The predicted octanol–water partition coefficient (Wildman–Crippen LogP) is 3.55. The van der Waals surface area contributed by atoms with Crippen LogP contribution >= 0.6 is 0 Å². The Hall–Kier alpha value is -3.06. The molecule has 7 heteroatoms. The maximum Gasteiger partial charge on any atom is 0.278 e. The van der Waals surface area contributed by atoms with E-state index in [0.29, 0.717) is 11.8 Å². The monoisotopic (exact) mass is 432 g/mol. The van der Waals surface area contributed by atoms with E-state index in [1.54, 1.807) is 12.1 Å². The summed E-state index contributed by atoms with van der Waals surface area (Å²) in [6, 6.07) is 10.5. The van der Waals surface area contributed by atoms with Crippen LogP contribution in [0.1, 0.15) is 63.0 Å². The first kappa shape index (κ1) is 18.7. The van der Waals surface area contributed by atoms with Crippen molar-refractivity contribution in [2.45, 2.75) is 42.9 Å². The van der Waals surface area contributed by atoms with Gasteiger partial charge in [0, 0.05) is 22.3 Å². The molecule has 6 rings (SSSR count). The van der Waals surface area contributed by atoms with Gasteiger partial charge >= 0.3 is 0 Å². The van der Waals surface area contributed by atoms with E-state index in [1.165, 1.54) is 35.0 Å². The molecule has 2 atom stereocenters. The number of rotatable bonds is 1. The Balaban J connectivity index is 1.46. The fourth-order valence-corrected chi connectivity index (χ4v) is 7.28. The van der Waals surface area contributed by atoms with E-state index < -0.39 is 9.84 Å². The number of aryl methyl sites for hydroxylation is 1. The second kappa shape index (κ2) is 5.59. The van der Waals surface area contributed by atoms with Crippen molar-refractivity contribution < 1.29 is 18.0 Å². The van der Waals surface area contributed by atoms with Gasteiger partial charge in [0.25, 0.3) is 5.91 Å². The van der Waals surface area contributed by atoms with Gasteiger partial charge in [0.2, 0.25) is 9.84 Å². The van der Waals surface area contributed by atoms with E-state index in [0.717, 1.165) is 23.4 Å². The Bertz CT molecular complexity index is 1460. The Kier molecular flexibility index (Phi) is 3.37. The Morgan fingerprint density at radius 3 is 2.58 bits per heavy atom. The molecular formula is C24H20N2O4S. The van der Waals surface area contributed by atoms with Crippen LogP contribution in [0.3, 0.4) is 0 Å². The molecule has 0 unspecified atom stereocenters. The Morgan fingerprint density at radius 1 is 1.10 bits per heavy atom. The maximum absolute atomic E-state index is 13.3. The average molecular weight is 433 g/mol. The van der Waals surface area contributed by atoms with Gasteiger partial charge in [-0.2, -0.15) is 5.10 Å². The molecule has 0 radical (unpaired) electrons. The van der Waals surface area contributed by atoms with Gasteiger partial charge in [-0.25, -0.2) is 13.1 Å². The van der Waals surface area contributed by atoms with Crippen LogP contribution in [-0.4, -0.2) is 29.9 Å². The maximum atomic E-state index is 13.3. The SMILES string of the molecule is Cc1nn(C(=O)c2ccc3c(c2)S(=O)(=O)c2ccccc2C3=O)c2c1[C@H]1[C@H](C2)C1(C)C. The molecule has 3 aliphatic rings. The molecule has 0 spiro atoms. The lowest BCUT2D eigenvalue weighted by molar-refractivity contribution is 0.0939. The number of benzene rings is 2. The second-order valence-corrected chi connectivity index (χ2v) is 11.2. The molecule has 2 aliphatic carbocycles. The summed E-state index contributed by atoms with van der Waals surface area (Å²) >= 11 is 0. The highest BCUT2D eigenvalue weighted by Crippen LogP contribution is 2.70. The van der Waals surface area contributed by atoms with E-state index in [4.69, 9.17) is 0 Å². The first-order chi connectivity index (χ1) is 14.6. The number of aromatic nitrogens is 2. The quantitative estimate of drug-likeness (QED) is 0.459. The summed E-state index contributed by atoms with van der Waals surface area (Å²) in [6.07, 6.45) is 0.800. The molecule has 156 valence electrons. The van der Waals surface area contributed by atoms with Gasteiger partial charge in [-0.1, -0.05) is 26.0 Å². The minimum atomic E-state index is -3.90. The molecule has 1 aliphatic heterocycles. The first-order valence-corrected chi connectivity index (χ1v) is 11.8. The summed E-state index contributed by atoms with van der Waals surface area (Å²) in [5.74, 6) is 0.240. The van der Waals surface area contributed by atoms with Crippen LogP contribution in [-0.2, 0) is 16.3 Å². The van der Waals surface area contributed by atoms with Crippen LogP contribution in [0, 0.1) is 18.3 Å². The standard InChI is InChI=1S/C24H20N2O4S/c1-12-20-17(11-16-21(20)24(16,2)3)26(25-12)23(28)13-8-9-15-19(10-13)31(29,30)18-7-5-4-6-14(18)22(15)27/h4-10,16,21H,11H2,1-3H3/t16-,21+/m0/s1. The molecule has 6 nitrogen and oxygen atoms in total. The summed E-state index contributed by atoms with van der Waals surface area (Å²) in [6.45, 7) is 6.41. The van der Waals surface area contributed by atoms with Gasteiger partial charge in [0.05, 0.1) is 21.2 Å². The fraction of sp³-hybridized carbons (Fsp3) is 0.292. The topological polar surface area (TPSA) is 86.1 Å². The smallest absolute Gasteiger partial charge is 0.278 e. The van der Waals surface area contributed by atoms with Crippen molar-refractivity contribution in [3.8, 4) is 0 Å². The highest BCUT2D eigenvalue weighted by molar-refractivity contribution is 7.91. The zero-order valence-electron chi connectivity index (χ0n) is 17.3. The van der Waals surface area contributed by atoms with Crippen LogP contribution in [0.4, 0.5) is 0 Å². The van der Waals surface area contributed by atoms with Gasteiger partial charge in [-0.05, 0) is 60.9 Å². The number of ketones is 1. The van der Waals surface area contributed by atoms with Crippen molar-refractivity contribution in [2.75, 3.05) is 0 Å². The van der Waals surface area contributed by atoms with Crippen molar-refractivity contribution in [2.24, 2.45) is 11.3 Å². The zero-order chi connectivity index (χ0) is 21.9. The molecule has 0 N–H and O–H groups in total. The average Bonchev–Trinajstić information content (AvgIpc) is 3.06. The van der Waals surface area contributed by atoms with Crippen LogP contribution < -0.4 is 0 Å². The summed E-state index contributed by atoms with van der Waals surface area (Å²) < 4.78 is 27.8. The summed E-state index contributed by atoms with van der Waals surface area (Å²) in [5.41, 5.74) is 3.66. The lowest BCUT2D eigenvalue weighted by atomic mass is 9.98. The lowest BCUT2D eigenvalue weighted by Gasteiger charge is -2.19. The first-order valence-electron chi connectivity index (χ1n) is 10.3. The molecule has 3 aromatic rings. The Morgan fingerprint density at radius 2 is 1.81 bits per heavy atom. The molecule has 0 bridgehead atoms. The number of carbonyl (C=O) groups excluding carboxylic acids is 2. The molecule has 0 saturated heterocycles. The lowest BCUT2D eigenvalue weighted by Crippen LogP contribution is -2.22. The van der Waals surface area contributed by atoms with Crippen molar-refractivity contribution in [3.63, 3.8) is 0 Å². The Labute approximate surface area is 179 Å². The summed E-state index contributed by atoms with van der Waals surface area (Å²) in [4.78, 5) is 26.0. The molecule has 2 aromatic carbocycles. The normalized spacial score (nSPS) is 23.5. The van der Waals surface area contributed by atoms with Crippen LogP contribution in [0.2, 0.25) is 0 Å². The molecule has 1 fully saturated rings. The van der Waals surface area contributed by atoms with Crippen LogP contribution in [0.5, 0.6) is 0 Å². The van der Waals surface area contributed by atoms with Crippen molar-refractivity contribution in [3.05, 3.63) is 76.1 Å². The third-order valence-corrected chi connectivity index (χ3v) is 9.21. The number of hydrogen-bond donors (Lipinski definition) is 0. The van der Waals surface area contributed by atoms with Crippen LogP contribution in [0.25, 0.3) is 0 Å². The largest absolute Gasteiger partial charge is 0.289 e. The predicted molar refractivity (Wildman–Crippen MR) is 112 cm³/mol. The van der Waals surface area contributed by atoms with Gasteiger partial charge in [0.15, 0.2) is 5.78 Å². The third-order valence-electron chi connectivity index (χ3n) is 7.36. The summed E-state index contributed by atoms with van der Waals surface area (Å²) in [5, 5.41) is 4.50. The molecule has 31 heavy (non-hydrogen) atoms. The number of nitrogens with zero attached hydrogens (tertiary/aromatic N) is 2. The number of hydrogen-bond acceptors (Lipinski definition) is 5. The van der Waals surface area contributed by atoms with E-state index in [9.17, 15) is 18.0 Å². The minimum absolute atomic E-state index is 0.0183. The summed E-state index contributed by atoms with van der Waals surface area (Å²) in [7, 11) is -3.90. The third kappa shape index (κ3) is 2.22.